The number of carbonyl (C=O) groups excluding carboxylic acids is 1. The minimum atomic E-state index is -2.66. The Morgan fingerprint density at radius 2 is 1.00 bits per heavy atom. The molecule has 0 atom stereocenters. The van der Waals surface area contributed by atoms with Gasteiger partial charge in [-0.1, -0.05) is 115 Å². The fraction of sp³-hybridized carbons (Fsp3) is 0.100. The molecule has 0 saturated carbocycles. The fourth-order valence-electron chi connectivity index (χ4n) is 5.02. The van der Waals surface area contributed by atoms with Crippen LogP contribution >= 0.6 is 6.89 Å². The highest BCUT2D eigenvalue weighted by Crippen LogP contribution is 2.47. The lowest BCUT2D eigenvalue weighted by Crippen LogP contribution is -2.35. The summed E-state index contributed by atoms with van der Waals surface area (Å²) in [6, 6.07) is 41.1. The van der Waals surface area contributed by atoms with Crippen molar-refractivity contribution in [2.24, 2.45) is 5.92 Å². The minimum absolute atomic E-state index is 0.0152. The Bertz CT molecular complexity index is 1260. The second kappa shape index (κ2) is 9.07. The third kappa shape index (κ3) is 3.66. The van der Waals surface area contributed by atoms with Gasteiger partial charge in [0.25, 0.3) is 0 Å². The summed E-state index contributed by atoms with van der Waals surface area (Å²) in [6.45, 7) is -2.66. The molecule has 2 nitrogen and oxygen atoms in total. The topological polar surface area (TPSA) is 40.9 Å². The van der Waals surface area contributed by atoms with Gasteiger partial charge < -0.3 is 0 Å². The van der Waals surface area contributed by atoms with Crippen molar-refractivity contribution in [1.82, 2.24) is 0 Å². The molecule has 33 heavy (non-hydrogen) atoms. The van der Waals surface area contributed by atoms with Gasteiger partial charge in [-0.2, -0.15) is 5.26 Å². The van der Waals surface area contributed by atoms with Gasteiger partial charge in [0.1, 0.15) is 11.4 Å². The Kier molecular flexibility index (Phi) is 5.82. The summed E-state index contributed by atoms with van der Waals surface area (Å²) in [6.07, 6.45) is 1.39. The van der Waals surface area contributed by atoms with Crippen LogP contribution in [0.4, 0.5) is 0 Å². The molecular weight excluding hydrogens is 421 g/mol. The van der Waals surface area contributed by atoms with Crippen LogP contribution in [0.15, 0.2) is 115 Å². The van der Waals surface area contributed by atoms with E-state index >= 15 is 0 Å². The van der Waals surface area contributed by atoms with E-state index in [0.717, 1.165) is 15.9 Å². The van der Waals surface area contributed by atoms with E-state index in [-0.39, 0.29) is 11.7 Å². The number of nitriles is 1. The van der Waals surface area contributed by atoms with Crippen LogP contribution < -0.4 is 15.9 Å². The molecule has 4 aromatic carbocycles. The van der Waals surface area contributed by atoms with Gasteiger partial charge in [0.15, 0.2) is 5.78 Å². The van der Waals surface area contributed by atoms with E-state index in [1.165, 1.54) is 11.1 Å². The number of fused-ring (bicyclic) bond motifs is 1. The predicted molar refractivity (Wildman–Crippen MR) is 138 cm³/mol. The predicted octanol–water partition coefficient (Wildman–Crippen LogP) is 4.66. The zero-order chi connectivity index (χ0) is 22.7. The molecule has 0 unspecified atom stereocenters. The van der Waals surface area contributed by atoms with Gasteiger partial charge in [0.05, 0.1) is 0 Å². The summed E-state index contributed by atoms with van der Waals surface area (Å²) in [7, 11) is 0. The van der Waals surface area contributed by atoms with Crippen molar-refractivity contribution in [3.05, 3.63) is 126 Å². The number of benzene rings is 4. The van der Waals surface area contributed by atoms with Crippen LogP contribution in [-0.2, 0) is 17.6 Å². The highest BCUT2D eigenvalue weighted by atomic mass is 31.2. The third-order valence-corrected chi connectivity index (χ3v) is 10.7. The molecule has 3 heteroatoms. The lowest BCUT2D eigenvalue weighted by atomic mass is 9.99. The molecule has 0 amide bonds. The summed E-state index contributed by atoms with van der Waals surface area (Å²) in [4.78, 5) is 14.2. The van der Waals surface area contributed by atoms with Gasteiger partial charge in [-0.05, 0) is 46.8 Å². The summed E-state index contributed by atoms with van der Waals surface area (Å²) >= 11 is 0. The Morgan fingerprint density at radius 3 is 1.36 bits per heavy atom. The van der Waals surface area contributed by atoms with Crippen molar-refractivity contribution in [1.29, 1.82) is 5.26 Å². The summed E-state index contributed by atoms with van der Waals surface area (Å²) in [5.74, 6) is -0.217. The van der Waals surface area contributed by atoms with Crippen molar-refractivity contribution in [3.63, 3.8) is 0 Å². The van der Waals surface area contributed by atoms with Crippen LogP contribution in [0.3, 0.4) is 0 Å². The Morgan fingerprint density at radius 1 is 0.636 bits per heavy atom. The second-order valence-corrected chi connectivity index (χ2v) is 11.7. The van der Waals surface area contributed by atoms with Crippen molar-refractivity contribution >= 4 is 33.9 Å². The van der Waals surface area contributed by atoms with Gasteiger partial charge in [-0.15, -0.1) is 0 Å². The summed E-state index contributed by atoms with van der Waals surface area (Å²) in [5, 5.41) is 14.1. The maximum absolute atomic E-state index is 14.2. The zero-order valence-electron chi connectivity index (χ0n) is 18.3. The maximum atomic E-state index is 14.2. The Balaban J connectivity index is 1.83. The number of rotatable bonds is 5. The second-order valence-electron chi connectivity index (χ2n) is 8.38. The molecule has 0 spiro atoms. The number of carbonyl (C=O) groups is 1. The normalized spacial score (nSPS) is 13.2. The largest absolute Gasteiger partial charge is 0.293 e. The molecule has 0 radical (unpaired) electrons. The van der Waals surface area contributed by atoms with Crippen LogP contribution in [0.5, 0.6) is 0 Å². The first-order valence-corrected chi connectivity index (χ1v) is 13.0. The molecule has 1 aliphatic rings. The zero-order valence-corrected chi connectivity index (χ0v) is 19.2. The number of hydrogen-bond donors (Lipinski definition) is 0. The number of nitrogens with zero attached hydrogens (tertiary/aromatic N) is 1. The van der Waals surface area contributed by atoms with Crippen LogP contribution in [0.1, 0.15) is 11.1 Å². The number of Topliss-reactive ketones (excluding diaryl/α,β-unsaturated/α-hetero) is 1. The lowest BCUT2D eigenvalue weighted by Gasteiger charge is -2.30. The SMILES string of the molecule is N#CC(C(=O)C1Cc2ccccc2C1)=P(c1ccccc1)(c1ccccc1)c1ccccc1. The first-order valence-electron chi connectivity index (χ1n) is 11.2. The lowest BCUT2D eigenvalue weighted by molar-refractivity contribution is -0.115. The first kappa shape index (κ1) is 21.2. The van der Waals surface area contributed by atoms with Crippen molar-refractivity contribution < 1.29 is 4.79 Å². The highest BCUT2D eigenvalue weighted by molar-refractivity contribution is 7.96. The minimum Gasteiger partial charge on any atom is -0.293 e. The molecule has 0 aromatic heterocycles. The van der Waals surface area contributed by atoms with E-state index < -0.39 is 6.89 Å². The number of hydrogen-bond acceptors (Lipinski definition) is 2. The molecular formula is C30H24NOP. The Labute approximate surface area is 195 Å². The smallest absolute Gasteiger partial charge is 0.178 e. The molecule has 0 bridgehead atoms. The molecule has 4 aromatic rings. The molecule has 0 heterocycles. The molecule has 0 saturated heterocycles. The van der Waals surface area contributed by atoms with Crippen molar-refractivity contribution in [2.75, 3.05) is 0 Å². The van der Waals surface area contributed by atoms with Crippen LogP contribution in [0.25, 0.3) is 0 Å². The monoisotopic (exact) mass is 445 g/mol. The fourth-order valence-corrected chi connectivity index (χ4v) is 9.21. The molecule has 0 N–H and O–H groups in total. The van der Waals surface area contributed by atoms with E-state index in [9.17, 15) is 10.1 Å². The number of ketones is 1. The van der Waals surface area contributed by atoms with Crippen LogP contribution in [-0.4, -0.2) is 11.1 Å². The standard InChI is InChI=1S/C30H24NOP/c31-22-29(30(32)25-20-23-12-10-11-13-24(23)21-25)33(26-14-4-1-5-15-26,27-16-6-2-7-17-27)28-18-8-3-9-19-28/h1-19,25H,20-21H2. The maximum Gasteiger partial charge on any atom is 0.178 e. The van der Waals surface area contributed by atoms with E-state index in [4.69, 9.17) is 0 Å². The van der Waals surface area contributed by atoms with Crippen LogP contribution in [0, 0.1) is 17.2 Å². The van der Waals surface area contributed by atoms with Crippen LogP contribution in [0.2, 0.25) is 0 Å². The average Bonchev–Trinajstić information content (AvgIpc) is 3.33. The van der Waals surface area contributed by atoms with E-state index in [1.807, 2.05) is 66.7 Å². The molecule has 5 rings (SSSR count). The third-order valence-electron chi connectivity index (χ3n) is 6.53. The summed E-state index contributed by atoms with van der Waals surface area (Å²) < 4.78 is 0. The van der Waals surface area contributed by atoms with Gasteiger partial charge >= 0.3 is 0 Å². The quantitative estimate of drug-likeness (QED) is 0.419. The molecule has 160 valence electrons. The van der Waals surface area contributed by atoms with E-state index in [0.29, 0.717) is 18.1 Å². The van der Waals surface area contributed by atoms with Gasteiger partial charge in [0.2, 0.25) is 0 Å². The average molecular weight is 446 g/mol. The van der Waals surface area contributed by atoms with Gasteiger partial charge in [-0.3, -0.25) is 4.79 Å². The first-order chi connectivity index (χ1) is 16.2. The highest BCUT2D eigenvalue weighted by Gasteiger charge is 2.37. The van der Waals surface area contributed by atoms with Gasteiger partial charge in [-0.25, -0.2) is 0 Å². The van der Waals surface area contributed by atoms with Crippen molar-refractivity contribution in [2.45, 2.75) is 12.8 Å². The molecule has 0 aliphatic heterocycles. The van der Waals surface area contributed by atoms with E-state index in [2.05, 4.69) is 54.6 Å². The molecule has 1 aliphatic carbocycles. The van der Waals surface area contributed by atoms with Gasteiger partial charge in [0, 0.05) is 5.92 Å². The molecule has 0 fully saturated rings. The van der Waals surface area contributed by atoms with E-state index in [1.54, 1.807) is 0 Å². The Hall–Kier alpha value is -3.66. The van der Waals surface area contributed by atoms with Crippen molar-refractivity contribution in [3.8, 4) is 6.07 Å². The summed E-state index contributed by atoms with van der Waals surface area (Å²) in [5.41, 5.74) is 2.44.